The van der Waals surface area contributed by atoms with Crippen molar-refractivity contribution in [1.82, 2.24) is 5.32 Å². The second-order valence-electron chi connectivity index (χ2n) is 5.57. The molecule has 1 atom stereocenters. The highest BCUT2D eigenvalue weighted by Gasteiger charge is 2.29. The van der Waals surface area contributed by atoms with Gasteiger partial charge < -0.3 is 19.5 Å². The molecule has 1 fully saturated rings. The van der Waals surface area contributed by atoms with Crippen molar-refractivity contribution in [3.63, 3.8) is 0 Å². The first-order chi connectivity index (χ1) is 11.0. The standard InChI is InChI=1S/C17H23NO5/c1-4-22-15-9-13(7-8-14(15)21-3)17(20)23-10-16(19)18-11(2)12-5-6-12/h7-9,11-12H,4-6,10H2,1-3H3,(H,18,19)/t11-/m1/s1. The molecule has 1 aliphatic rings. The molecule has 0 heterocycles. The van der Waals surface area contributed by atoms with Crippen molar-refractivity contribution in [1.29, 1.82) is 0 Å². The van der Waals surface area contributed by atoms with Crippen molar-refractivity contribution >= 4 is 11.9 Å². The SMILES string of the molecule is CCOc1cc(C(=O)OCC(=O)N[C@H](C)C2CC2)ccc1OC. The van der Waals surface area contributed by atoms with Crippen molar-refractivity contribution in [3.8, 4) is 11.5 Å². The number of esters is 1. The molecule has 1 saturated carbocycles. The number of carbonyl (C=O) groups excluding carboxylic acids is 2. The van der Waals surface area contributed by atoms with Gasteiger partial charge in [-0.1, -0.05) is 0 Å². The molecule has 0 unspecified atom stereocenters. The zero-order valence-electron chi connectivity index (χ0n) is 13.8. The van der Waals surface area contributed by atoms with Crippen LogP contribution in [-0.4, -0.2) is 38.2 Å². The number of carbonyl (C=O) groups is 2. The van der Waals surface area contributed by atoms with Crippen molar-refractivity contribution in [3.05, 3.63) is 23.8 Å². The zero-order chi connectivity index (χ0) is 16.8. The topological polar surface area (TPSA) is 73.9 Å². The second-order valence-corrected chi connectivity index (χ2v) is 5.57. The lowest BCUT2D eigenvalue weighted by Gasteiger charge is -2.13. The van der Waals surface area contributed by atoms with Gasteiger partial charge in [0, 0.05) is 6.04 Å². The molecule has 1 amide bonds. The molecule has 1 aromatic carbocycles. The number of benzene rings is 1. The molecule has 6 heteroatoms. The molecule has 2 rings (SSSR count). The summed E-state index contributed by atoms with van der Waals surface area (Å²) in [5.74, 6) is 0.722. The van der Waals surface area contributed by atoms with Crippen LogP contribution in [0.3, 0.4) is 0 Å². The van der Waals surface area contributed by atoms with Gasteiger partial charge in [0.1, 0.15) is 0 Å². The van der Waals surface area contributed by atoms with Gasteiger partial charge in [0.25, 0.3) is 5.91 Å². The first-order valence-electron chi connectivity index (χ1n) is 7.82. The first kappa shape index (κ1) is 17.1. The highest BCUT2D eigenvalue weighted by Crippen LogP contribution is 2.32. The largest absolute Gasteiger partial charge is 0.493 e. The van der Waals surface area contributed by atoms with Crippen LogP contribution in [0, 0.1) is 5.92 Å². The molecule has 6 nitrogen and oxygen atoms in total. The normalized spacial score (nSPS) is 14.7. The van der Waals surface area contributed by atoms with Crippen molar-refractivity contribution in [2.45, 2.75) is 32.7 Å². The van der Waals surface area contributed by atoms with Gasteiger partial charge in [0.2, 0.25) is 0 Å². The van der Waals surface area contributed by atoms with E-state index in [-0.39, 0.29) is 18.6 Å². The van der Waals surface area contributed by atoms with Crippen molar-refractivity contribution in [2.75, 3.05) is 20.3 Å². The fourth-order valence-electron chi connectivity index (χ4n) is 2.30. The maximum Gasteiger partial charge on any atom is 0.338 e. The fourth-order valence-corrected chi connectivity index (χ4v) is 2.30. The van der Waals surface area contributed by atoms with E-state index in [0.717, 1.165) is 12.8 Å². The lowest BCUT2D eigenvalue weighted by molar-refractivity contribution is -0.124. The number of amides is 1. The number of hydrogen-bond donors (Lipinski definition) is 1. The van der Waals surface area contributed by atoms with Gasteiger partial charge in [0.05, 0.1) is 19.3 Å². The van der Waals surface area contributed by atoms with Gasteiger partial charge in [-0.25, -0.2) is 4.79 Å². The van der Waals surface area contributed by atoms with Crippen LogP contribution in [0.15, 0.2) is 18.2 Å². The number of methoxy groups -OCH3 is 1. The minimum absolute atomic E-state index is 0.131. The molecule has 1 N–H and O–H groups in total. The number of rotatable bonds is 8. The Balaban J connectivity index is 1.89. The molecule has 126 valence electrons. The summed E-state index contributed by atoms with van der Waals surface area (Å²) < 4.78 is 15.6. The predicted octanol–water partition coefficient (Wildman–Crippen LogP) is 2.17. The summed E-state index contributed by atoms with van der Waals surface area (Å²) in [6.45, 7) is 3.98. The minimum atomic E-state index is -0.567. The summed E-state index contributed by atoms with van der Waals surface area (Å²) in [6.07, 6.45) is 2.29. The summed E-state index contributed by atoms with van der Waals surface area (Å²) in [4.78, 5) is 23.8. The average Bonchev–Trinajstić information content (AvgIpc) is 3.37. The van der Waals surface area contributed by atoms with E-state index in [0.29, 0.717) is 29.6 Å². The molecule has 1 aromatic rings. The maximum atomic E-state index is 12.0. The molecule has 0 aromatic heterocycles. The molecule has 0 radical (unpaired) electrons. The maximum absolute atomic E-state index is 12.0. The van der Waals surface area contributed by atoms with Gasteiger partial charge in [-0.2, -0.15) is 0 Å². The van der Waals surface area contributed by atoms with Gasteiger partial charge in [0.15, 0.2) is 18.1 Å². The van der Waals surface area contributed by atoms with E-state index in [1.54, 1.807) is 18.2 Å². The van der Waals surface area contributed by atoms with Crippen LogP contribution in [0.2, 0.25) is 0 Å². The molecular weight excluding hydrogens is 298 g/mol. The van der Waals surface area contributed by atoms with Crippen LogP contribution in [-0.2, 0) is 9.53 Å². The van der Waals surface area contributed by atoms with Gasteiger partial charge in [-0.05, 0) is 50.8 Å². The Kier molecular flexibility index (Phi) is 5.84. The Morgan fingerprint density at radius 1 is 1.30 bits per heavy atom. The number of hydrogen-bond acceptors (Lipinski definition) is 5. The quantitative estimate of drug-likeness (QED) is 0.743. The van der Waals surface area contributed by atoms with Gasteiger partial charge >= 0.3 is 5.97 Å². The third-order valence-electron chi connectivity index (χ3n) is 3.75. The van der Waals surface area contributed by atoms with E-state index in [4.69, 9.17) is 14.2 Å². The Labute approximate surface area is 136 Å². The van der Waals surface area contributed by atoms with E-state index in [1.807, 2.05) is 13.8 Å². The summed E-state index contributed by atoms with van der Waals surface area (Å²) in [5, 5.41) is 2.84. The second kappa shape index (κ2) is 7.85. The average molecular weight is 321 g/mol. The third-order valence-corrected chi connectivity index (χ3v) is 3.75. The number of ether oxygens (including phenoxy) is 3. The Morgan fingerprint density at radius 3 is 2.65 bits per heavy atom. The molecular formula is C17H23NO5. The Morgan fingerprint density at radius 2 is 2.04 bits per heavy atom. The summed E-state index contributed by atoms with van der Waals surface area (Å²) in [7, 11) is 1.53. The monoisotopic (exact) mass is 321 g/mol. The van der Waals surface area contributed by atoms with Gasteiger partial charge in [-0.3, -0.25) is 4.79 Å². The predicted molar refractivity (Wildman–Crippen MR) is 84.8 cm³/mol. The fraction of sp³-hybridized carbons (Fsp3) is 0.529. The molecule has 0 spiro atoms. The Hall–Kier alpha value is -2.24. The highest BCUT2D eigenvalue weighted by molar-refractivity contribution is 5.92. The summed E-state index contributed by atoms with van der Waals surface area (Å²) >= 11 is 0. The van der Waals surface area contributed by atoms with E-state index < -0.39 is 5.97 Å². The van der Waals surface area contributed by atoms with Crippen LogP contribution >= 0.6 is 0 Å². The summed E-state index contributed by atoms with van der Waals surface area (Å²) in [6, 6.07) is 4.90. The minimum Gasteiger partial charge on any atom is -0.493 e. The lowest BCUT2D eigenvalue weighted by atomic mass is 10.2. The third kappa shape index (κ3) is 4.87. The van der Waals surface area contributed by atoms with Crippen LogP contribution in [0.1, 0.15) is 37.0 Å². The zero-order valence-corrected chi connectivity index (χ0v) is 13.8. The van der Waals surface area contributed by atoms with Crippen molar-refractivity contribution in [2.24, 2.45) is 5.92 Å². The summed E-state index contributed by atoms with van der Waals surface area (Å²) in [5.41, 5.74) is 0.317. The van der Waals surface area contributed by atoms with E-state index >= 15 is 0 Å². The first-order valence-corrected chi connectivity index (χ1v) is 7.82. The lowest BCUT2D eigenvalue weighted by Crippen LogP contribution is -2.37. The molecule has 23 heavy (non-hydrogen) atoms. The molecule has 0 saturated heterocycles. The highest BCUT2D eigenvalue weighted by atomic mass is 16.5. The number of nitrogens with one attached hydrogen (secondary N) is 1. The van der Waals surface area contributed by atoms with Crippen molar-refractivity contribution < 1.29 is 23.8 Å². The van der Waals surface area contributed by atoms with E-state index in [9.17, 15) is 9.59 Å². The smallest absolute Gasteiger partial charge is 0.338 e. The van der Waals surface area contributed by atoms with Crippen LogP contribution in [0.25, 0.3) is 0 Å². The van der Waals surface area contributed by atoms with Gasteiger partial charge in [-0.15, -0.1) is 0 Å². The van der Waals surface area contributed by atoms with Crippen LogP contribution in [0.5, 0.6) is 11.5 Å². The molecule has 0 bridgehead atoms. The molecule has 0 aliphatic heterocycles. The van der Waals surface area contributed by atoms with E-state index in [1.165, 1.54) is 7.11 Å². The molecule has 1 aliphatic carbocycles. The van der Waals surface area contributed by atoms with Crippen LogP contribution < -0.4 is 14.8 Å². The van der Waals surface area contributed by atoms with Crippen LogP contribution in [0.4, 0.5) is 0 Å². The Bertz CT molecular complexity index is 568. The van der Waals surface area contributed by atoms with E-state index in [2.05, 4.69) is 5.32 Å².